The summed E-state index contributed by atoms with van der Waals surface area (Å²) in [5.41, 5.74) is -5.69. The van der Waals surface area contributed by atoms with E-state index in [9.17, 15) is 54.9 Å². The van der Waals surface area contributed by atoms with Crippen molar-refractivity contribution < 1.29 is 75.9 Å². The van der Waals surface area contributed by atoms with Gasteiger partial charge >= 0.3 is 37.8 Å². The van der Waals surface area contributed by atoms with Crippen LogP contribution < -0.4 is 20.7 Å². The number of carbonyl (C=O) groups is 3. The average Bonchev–Trinajstić information content (AvgIpc) is 0.689. The SMILES string of the molecule is CC(=O)OC[C@@]1(C)C2C[C@H](OC(=O)c3ccc(C#N)cc3)[C@@]3(C)Oc4cc(-c5cccnc5)oc(=O)c4[C@H](O)C3[C@@]2(C)CC[C@@H]1O.CC(C)(C)[Si](F)(O[C@H]1CC[C@@]2(C)C(C[C@H](OC(=O)c3ccc(C#N)cc3)[C@@]3(C)Oc4cc(-c5cccnc5)oc(=O)c4[C@H](O)C23)[C@]1(C)CO)C(C)(C)C. The van der Waals surface area contributed by atoms with E-state index < -0.39 is 141 Å². The summed E-state index contributed by atoms with van der Waals surface area (Å²) < 4.78 is 67.2. The first-order valence-electron chi connectivity index (χ1n) is 33.6. The summed E-state index contributed by atoms with van der Waals surface area (Å²) in [6.45, 7) is 23.3. The van der Waals surface area contributed by atoms with Gasteiger partial charge in [-0.3, -0.25) is 18.9 Å². The Bertz CT molecular complexity index is 4270. The second kappa shape index (κ2) is 25.9. The highest BCUT2D eigenvalue weighted by molar-refractivity contribution is 6.72. The molecule has 16 atom stereocenters. The normalized spacial score (nSPS) is 32.0. The number of rotatable bonds is 11. The van der Waals surface area contributed by atoms with Gasteiger partial charge in [0, 0.05) is 87.7 Å². The lowest BCUT2D eigenvalue weighted by Gasteiger charge is -2.67. The van der Waals surface area contributed by atoms with Crippen LogP contribution in [0.4, 0.5) is 4.11 Å². The summed E-state index contributed by atoms with van der Waals surface area (Å²) in [5.74, 6) is -3.78. The molecule has 6 aromatic rings. The van der Waals surface area contributed by atoms with E-state index in [1.807, 2.05) is 81.4 Å². The predicted octanol–water partition coefficient (Wildman–Crippen LogP) is 12.2. The van der Waals surface area contributed by atoms with Crippen LogP contribution in [0.1, 0.15) is 184 Å². The first-order valence-corrected chi connectivity index (χ1v) is 35.4. The van der Waals surface area contributed by atoms with Gasteiger partial charge in [0.2, 0.25) is 0 Å². The Morgan fingerprint density at radius 3 is 1.42 bits per heavy atom. The van der Waals surface area contributed by atoms with Gasteiger partial charge in [-0.05, 0) is 148 Å². The monoisotopic (exact) mass is 1370 g/mol. The van der Waals surface area contributed by atoms with Crippen LogP contribution in [0.3, 0.4) is 0 Å². The molecule has 4 aromatic heterocycles. The molecule has 0 bridgehead atoms. The molecule has 6 heterocycles. The fourth-order valence-electron chi connectivity index (χ4n) is 18.3. The number of aliphatic hydroxyl groups excluding tert-OH is 4. The Morgan fingerprint density at radius 2 is 1.05 bits per heavy atom. The quantitative estimate of drug-likeness (QED) is 0.0405. The predicted molar refractivity (Wildman–Crippen MR) is 360 cm³/mol. The average molecular weight is 1380 g/mol. The topological polar surface area (TPSA) is 321 Å². The lowest BCUT2D eigenvalue weighted by Crippen LogP contribution is -2.72. The highest BCUT2D eigenvalue weighted by Gasteiger charge is 2.73. The summed E-state index contributed by atoms with van der Waals surface area (Å²) in [4.78, 5) is 74.9. The van der Waals surface area contributed by atoms with E-state index in [4.69, 9.17) is 36.9 Å². The molecular formula is C76H87FN4O17Si. The van der Waals surface area contributed by atoms with E-state index in [-0.39, 0.29) is 71.3 Å². The zero-order valence-corrected chi connectivity index (χ0v) is 59.1. The van der Waals surface area contributed by atoms with Crippen molar-refractivity contribution in [2.45, 2.75) is 186 Å². The first kappa shape index (κ1) is 71.8. The Hall–Kier alpha value is -8.42. The molecule has 2 aromatic carbocycles. The molecule has 12 rings (SSSR count). The largest absolute Gasteiger partial charge is 0.482 e. The van der Waals surface area contributed by atoms with E-state index in [1.54, 1.807) is 75.0 Å². The molecule has 2 aliphatic heterocycles. The molecule has 23 heteroatoms. The molecule has 0 spiro atoms. The third kappa shape index (κ3) is 12.2. The number of carbonyl (C=O) groups excluding carboxylic acids is 3. The van der Waals surface area contributed by atoms with E-state index >= 15 is 4.11 Å². The number of aromatic nitrogens is 2. The second-order valence-electron chi connectivity index (χ2n) is 31.3. The van der Waals surface area contributed by atoms with E-state index in [1.165, 1.54) is 55.5 Å². The molecule has 21 nitrogen and oxygen atoms in total. The molecule has 0 radical (unpaired) electrons. The van der Waals surface area contributed by atoms with Gasteiger partial charge in [0.1, 0.15) is 57.6 Å². The maximum Gasteiger partial charge on any atom is 0.394 e. The fraction of sp³-hybridized carbons (Fsp3) is 0.513. The number of aliphatic hydroxyl groups is 4. The minimum atomic E-state index is -4.02. The minimum absolute atomic E-state index is 0.0398. The number of fused-ring (bicyclic) bond motifs is 8. The number of halogens is 1. The number of ether oxygens (including phenoxy) is 5. The molecule has 524 valence electrons. The van der Waals surface area contributed by atoms with Gasteiger partial charge in [-0.1, -0.05) is 69.2 Å². The maximum atomic E-state index is 17.5. The Labute approximate surface area is 575 Å². The maximum absolute atomic E-state index is 17.5. The van der Waals surface area contributed by atoms with Crippen molar-refractivity contribution in [3.05, 3.63) is 164 Å². The third-order valence-electron chi connectivity index (χ3n) is 23.3. The Balaban J connectivity index is 0.000000202. The molecule has 0 saturated heterocycles. The van der Waals surface area contributed by atoms with Gasteiger partial charge in [-0.15, -0.1) is 0 Å². The number of hydrogen-bond donors (Lipinski definition) is 4. The summed E-state index contributed by atoms with van der Waals surface area (Å²) in [5, 5.41) is 64.3. The van der Waals surface area contributed by atoms with Crippen molar-refractivity contribution in [2.24, 2.45) is 45.3 Å². The molecule has 99 heavy (non-hydrogen) atoms. The zero-order valence-electron chi connectivity index (χ0n) is 58.1. The first-order chi connectivity index (χ1) is 46.5. The van der Waals surface area contributed by atoms with Crippen molar-refractivity contribution in [1.82, 2.24) is 9.97 Å². The Morgan fingerprint density at radius 1 is 0.636 bits per heavy atom. The van der Waals surface area contributed by atoms with Gasteiger partial charge in [-0.2, -0.15) is 10.5 Å². The molecule has 4 unspecified atom stereocenters. The smallest absolute Gasteiger partial charge is 0.394 e. The van der Waals surface area contributed by atoms with Crippen molar-refractivity contribution in [3.63, 3.8) is 0 Å². The summed E-state index contributed by atoms with van der Waals surface area (Å²) in [7, 11) is -4.02. The summed E-state index contributed by atoms with van der Waals surface area (Å²) >= 11 is 0. The van der Waals surface area contributed by atoms with Crippen LogP contribution in [0.2, 0.25) is 10.1 Å². The van der Waals surface area contributed by atoms with Crippen LogP contribution in [0.15, 0.2) is 128 Å². The van der Waals surface area contributed by atoms with Gasteiger partial charge < -0.3 is 57.4 Å². The number of benzene rings is 2. The molecule has 4 fully saturated rings. The molecule has 4 N–H and O–H groups in total. The van der Waals surface area contributed by atoms with Crippen LogP contribution in [-0.2, 0) is 23.4 Å². The molecular weight excluding hydrogens is 1290 g/mol. The van der Waals surface area contributed by atoms with Crippen molar-refractivity contribution >= 4 is 26.6 Å². The molecule has 4 saturated carbocycles. The van der Waals surface area contributed by atoms with Gasteiger partial charge in [-0.25, -0.2) is 19.2 Å². The summed E-state index contributed by atoms with van der Waals surface area (Å²) in [6, 6.07) is 26.2. The Kier molecular flexibility index (Phi) is 18.8. The van der Waals surface area contributed by atoms with Crippen LogP contribution in [0.25, 0.3) is 22.6 Å². The van der Waals surface area contributed by atoms with Crippen LogP contribution in [0.5, 0.6) is 11.5 Å². The third-order valence-corrected chi connectivity index (χ3v) is 27.7. The van der Waals surface area contributed by atoms with E-state index in [0.29, 0.717) is 47.9 Å². The molecule has 0 amide bonds. The second-order valence-corrected chi connectivity index (χ2v) is 35.7. The number of pyridine rings is 2. The van der Waals surface area contributed by atoms with E-state index in [0.717, 1.165) is 0 Å². The highest BCUT2D eigenvalue weighted by Crippen LogP contribution is 2.70. The van der Waals surface area contributed by atoms with Crippen LogP contribution in [-0.4, -0.2) is 106 Å². The lowest BCUT2D eigenvalue weighted by molar-refractivity contribution is -0.264. The van der Waals surface area contributed by atoms with E-state index in [2.05, 4.69) is 9.97 Å². The van der Waals surface area contributed by atoms with Crippen molar-refractivity contribution in [2.75, 3.05) is 13.2 Å². The van der Waals surface area contributed by atoms with Crippen molar-refractivity contribution in [3.8, 4) is 46.3 Å². The fourth-order valence-corrected chi connectivity index (χ4v) is 22.0. The lowest BCUT2D eigenvalue weighted by atomic mass is 9.42. The number of nitrogens with zero attached hydrogens (tertiary/aromatic N) is 4. The van der Waals surface area contributed by atoms with Gasteiger partial charge in [0.25, 0.3) is 0 Å². The number of esters is 3. The number of nitriles is 2. The minimum Gasteiger partial charge on any atom is -0.482 e. The molecule has 4 aliphatic carbocycles. The van der Waals surface area contributed by atoms with Crippen LogP contribution >= 0.6 is 0 Å². The standard InChI is InChI=1S/C41H51FN2O8Si.C35H36N2O9/c1-37(2,3)53(42,38(4,5)6)52-30-16-17-39(7)29(40(30,8)23-45)20-31(50-35(47)25-14-12-24(21-43)13-15-25)41(9)34(39)33(46)32-28(51-41)19-27(49-36(32)48)26-11-10-18-44-22-26;1-19(38)43-18-34(3)25-15-27(45-31(41)21-9-7-20(16-36)8-10-21)35(4)30(33(25,2)12-11-26(34)39)29(40)28-24(46-35)14-23(44-32(28)42)22-6-5-13-37-17-22/h10-15,18-19,22,29-31,33-34,45-46H,16-17,20,23H2,1-9H3;5-10,13-14,17,25-27,29-30,39-40H,11-12,15,18H2,1-4H3/t29?,30-,31-,33-,34?,39-,40-,41+;25?,26-,27-,29-,30?,33-,34-,35+/m00/s1. The van der Waals surface area contributed by atoms with Gasteiger partial charge in [0.15, 0.2) is 0 Å². The van der Waals surface area contributed by atoms with Crippen molar-refractivity contribution in [1.29, 1.82) is 10.5 Å². The number of hydrogen-bond acceptors (Lipinski definition) is 21. The van der Waals surface area contributed by atoms with Gasteiger partial charge in [0.05, 0.1) is 72.0 Å². The summed E-state index contributed by atoms with van der Waals surface area (Å²) in [6.07, 6.45) is 1.98. The van der Waals surface area contributed by atoms with Crippen LogP contribution in [0, 0.1) is 68.0 Å². The zero-order chi connectivity index (χ0) is 72.0. The molecule has 6 aliphatic rings. The highest BCUT2D eigenvalue weighted by atomic mass is 28.4.